The number of nitrogens with zero attached hydrogens (tertiary/aromatic N) is 2. The molecule has 4 nitrogen and oxygen atoms in total. The Morgan fingerprint density at radius 2 is 1.95 bits per heavy atom. The zero-order valence-corrected chi connectivity index (χ0v) is 13.0. The Kier molecular flexibility index (Phi) is 4.91. The molecule has 22 heavy (non-hydrogen) atoms. The van der Waals surface area contributed by atoms with Gasteiger partial charge in [0.2, 0.25) is 0 Å². The molecule has 0 spiro atoms. The van der Waals surface area contributed by atoms with Gasteiger partial charge < -0.3 is 9.47 Å². The molecule has 3 rings (SSSR count). The molecule has 116 valence electrons. The molecule has 0 amide bonds. The SMILES string of the molecule is CCN(CCc1ccccn1)Cc1ccc2c(c1)OCCO2. The molecule has 0 atom stereocenters. The van der Waals surface area contributed by atoms with Crippen molar-refractivity contribution in [3.8, 4) is 11.5 Å². The van der Waals surface area contributed by atoms with E-state index in [0.29, 0.717) is 13.2 Å². The van der Waals surface area contributed by atoms with Crippen molar-refractivity contribution >= 4 is 0 Å². The van der Waals surface area contributed by atoms with Gasteiger partial charge in [0.05, 0.1) is 0 Å². The number of benzene rings is 1. The van der Waals surface area contributed by atoms with Crippen LogP contribution in [0.15, 0.2) is 42.6 Å². The second-order valence-corrected chi connectivity index (χ2v) is 5.42. The van der Waals surface area contributed by atoms with E-state index in [-0.39, 0.29) is 0 Å². The Labute approximate surface area is 131 Å². The highest BCUT2D eigenvalue weighted by Crippen LogP contribution is 2.31. The fourth-order valence-electron chi connectivity index (χ4n) is 2.61. The lowest BCUT2D eigenvalue weighted by Crippen LogP contribution is -2.25. The highest BCUT2D eigenvalue weighted by Gasteiger charge is 2.13. The maximum atomic E-state index is 5.66. The molecule has 4 heteroatoms. The summed E-state index contributed by atoms with van der Waals surface area (Å²) in [6.07, 6.45) is 2.83. The van der Waals surface area contributed by atoms with E-state index in [1.807, 2.05) is 24.4 Å². The Balaban J connectivity index is 1.60. The molecule has 1 aliphatic rings. The molecular formula is C18H22N2O2. The van der Waals surface area contributed by atoms with Crippen molar-refractivity contribution < 1.29 is 9.47 Å². The highest BCUT2D eigenvalue weighted by atomic mass is 16.6. The maximum absolute atomic E-state index is 5.66. The van der Waals surface area contributed by atoms with Gasteiger partial charge in [0, 0.05) is 31.4 Å². The van der Waals surface area contributed by atoms with E-state index in [1.165, 1.54) is 5.56 Å². The van der Waals surface area contributed by atoms with Crippen LogP contribution in [0.1, 0.15) is 18.2 Å². The Morgan fingerprint density at radius 1 is 1.09 bits per heavy atom. The van der Waals surface area contributed by atoms with E-state index < -0.39 is 0 Å². The minimum Gasteiger partial charge on any atom is -0.486 e. The Bertz CT molecular complexity index is 601. The summed E-state index contributed by atoms with van der Waals surface area (Å²) in [5.74, 6) is 1.72. The van der Waals surface area contributed by atoms with E-state index in [1.54, 1.807) is 0 Å². The van der Waals surface area contributed by atoms with E-state index in [0.717, 1.165) is 43.2 Å². The van der Waals surface area contributed by atoms with Crippen LogP contribution in [0.2, 0.25) is 0 Å². The lowest BCUT2D eigenvalue weighted by molar-refractivity contribution is 0.171. The summed E-state index contributed by atoms with van der Waals surface area (Å²) < 4.78 is 11.2. The number of ether oxygens (including phenoxy) is 2. The first-order valence-corrected chi connectivity index (χ1v) is 7.86. The van der Waals surface area contributed by atoms with Gasteiger partial charge in [0.25, 0.3) is 0 Å². The third-order valence-electron chi connectivity index (χ3n) is 3.87. The molecule has 0 aliphatic carbocycles. The minimum atomic E-state index is 0.633. The third-order valence-corrected chi connectivity index (χ3v) is 3.87. The van der Waals surface area contributed by atoms with Crippen LogP contribution in [0.3, 0.4) is 0 Å². The van der Waals surface area contributed by atoms with E-state index in [2.05, 4.69) is 35.0 Å². The van der Waals surface area contributed by atoms with Crippen molar-refractivity contribution in [1.29, 1.82) is 0 Å². The summed E-state index contributed by atoms with van der Waals surface area (Å²) in [5.41, 5.74) is 2.40. The lowest BCUT2D eigenvalue weighted by Gasteiger charge is -2.22. The first-order chi connectivity index (χ1) is 10.8. The maximum Gasteiger partial charge on any atom is 0.161 e. The standard InChI is InChI=1S/C18H22N2O2/c1-2-20(10-8-16-5-3-4-9-19-16)14-15-6-7-17-18(13-15)22-12-11-21-17/h3-7,9,13H,2,8,10-12,14H2,1H3. The number of likely N-dealkylation sites (N-methyl/N-ethyl adjacent to an activating group) is 1. The van der Waals surface area contributed by atoms with Crippen LogP contribution in [-0.4, -0.2) is 36.2 Å². The molecular weight excluding hydrogens is 276 g/mol. The second-order valence-electron chi connectivity index (χ2n) is 5.42. The average molecular weight is 298 g/mol. The van der Waals surface area contributed by atoms with Crippen molar-refractivity contribution in [1.82, 2.24) is 9.88 Å². The second kappa shape index (κ2) is 7.27. The molecule has 0 unspecified atom stereocenters. The van der Waals surface area contributed by atoms with Crippen molar-refractivity contribution in [3.63, 3.8) is 0 Å². The Hall–Kier alpha value is -2.07. The summed E-state index contributed by atoms with van der Waals surface area (Å²) in [5, 5.41) is 0. The number of hydrogen-bond donors (Lipinski definition) is 0. The number of fused-ring (bicyclic) bond motifs is 1. The van der Waals surface area contributed by atoms with Crippen LogP contribution >= 0.6 is 0 Å². The quantitative estimate of drug-likeness (QED) is 0.821. The van der Waals surface area contributed by atoms with Gasteiger partial charge in [-0.3, -0.25) is 9.88 Å². The van der Waals surface area contributed by atoms with Gasteiger partial charge in [-0.05, 0) is 36.4 Å². The summed E-state index contributed by atoms with van der Waals surface area (Å²) in [7, 11) is 0. The summed E-state index contributed by atoms with van der Waals surface area (Å²) in [4.78, 5) is 6.80. The van der Waals surface area contributed by atoms with E-state index in [4.69, 9.17) is 9.47 Å². The van der Waals surface area contributed by atoms with Crippen LogP contribution in [0.25, 0.3) is 0 Å². The molecule has 2 heterocycles. The van der Waals surface area contributed by atoms with Crippen molar-refractivity contribution in [3.05, 3.63) is 53.9 Å². The van der Waals surface area contributed by atoms with Crippen LogP contribution < -0.4 is 9.47 Å². The first kappa shape index (κ1) is 14.9. The zero-order valence-electron chi connectivity index (χ0n) is 13.0. The molecule has 0 N–H and O–H groups in total. The van der Waals surface area contributed by atoms with Crippen molar-refractivity contribution in [2.24, 2.45) is 0 Å². The fraction of sp³-hybridized carbons (Fsp3) is 0.389. The lowest BCUT2D eigenvalue weighted by atomic mass is 10.1. The van der Waals surface area contributed by atoms with Gasteiger partial charge in [-0.15, -0.1) is 0 Å². The Morgan fingerprint density at radius 3 is 2.73 bits per heavy atom. The highest BCUT2D eigenvalue weighted by molar-refractivity contribution is 5.43. The number of hydrogen-bond acceptors (Lipinski definition) is 4. The number of aromatic nitrogens is 1. The van der Waals surface area contributed by atoms with Gasteiger partial charge in [0.15, 0.2) is 11.5 Å². The van der Waals surface area contributed by atoms with E-state index >= 15 is 0 Å². The minimum absolute atomic E-state index is 0.633. The number of pyridine rings is 1. The largest absolute Gasteiger partial charge is 0.486 e. The predicted octanol–water partition coefficient (Wildman–Crippen LogP) is 2.92. The molecule has 0 bridgehead atoms. The molecule has 0 saturated carbocycles. The smallest absolute Gasteiger partial charge is 0.161 e. The molecule has 0 radical (unpaired) electrons. The fourth-order valence-corrected chi connectivity index (χ4v) is 2.61. The van der Waals surface area contributed by atoms with Gasteiger partial charge >= 0.3 is 0 Å². The molecule has 2 aromatic rings. The summed E-state index contributed by atoms with van der Waals surface area (Å²) >= 11 is 0. The van der Waals surface area contributed by atoms with Crippen LogP contribution in [0, 0.1) is 0 Å². The van der Waals surface area contributed by atoms with Crippen LogP contribution in [0.4, 0.5) is 0 Å². The first-order valence-electron chi connectivity index (χ1n) is 7.86. The van der Waals surface area contributed by atoms with Crippen molar-refractivity contribution in [2.75, 3.05) is 26.3 Å². The normalized spacial score (nSPS) is 13.4. The predicted molar refractivity (Wildman–Crippen MR) is 86.3 cm³/mol. The topological polar surface area (TPSA) is 34.6 Å². The van der Waals surface area contributed by atoms with Crippen molar-refractivity contribution in [2.45, 2.75) is 19.9 Å². The van der Waals surface area contributed by atoms with Crippen LogP contribution in [0.5, 0.6) is 11.5 Å². The number of rotatable bonds is 6. The average Bonchev–Trinajstić information content (AvgIpc) is 2.59. The molecule has 1 aliphatic heterocycles. The molecule has 1 aromatic heterocycles. The third kappa shape index (κ3) is 3.77. The summed E-state index contributed by atoms with van der Waals surface area (Å²) in [6.45, 7) is 6.39. The molecule has 0 saturated heterocycles. The molecule has 1 aromatic carbocycles. The molecule has 0 fully saturated rings. The van der Waals surface area contributed by atoms with E-state index in [9.17, 15) is 0 Å². The summed E-state index contributed by atoms with van der Waals surface area (Å²) in [6, 6.07) is 12.3. The van der Waals surface area contributed by atoms with Gasteiger partial charge in [-0.1, -0.05) is 19.1 Å². The van der Waals surface area contributed by atoms with Gasteiger partial charge in [-0.2, -0.15) is 0 Å². The zero-order chi connectivity index (χ0) is 15.2. The monoisotopic (exact) mass is 298 g/mol. The van der Waals surface area contributed by atoms with Gasteiger partial charge in [0.1, 0.15) is 13.2 Å². The van der Waals surface area contributed by atoms with Gasteiger partial charge in [-0.25, -0.2) is 0 Å². The van der Waals surface area contributed by atoms with Crippen LogP contribution in [-0.2, 0) is 13.0 Å².